The summed E-state index contributed by atoms with van der Waals surface area (Å²) in [4.78, 5) is 45.9. The number of Topliss-reactive ketones (excluding diaryl/α,β-unsaturated/α-hetero) is 2. The Morgan fingerprint density at radius 1 is 1.13 bits per heavy atom. The number of carbonyl (C=O) groups excluding carboxylic acids is 4. The maximum Gasteiger partial charge on any atom is 0.407 e. The normalized spacial score (nSPS) is 12.2. The zero-order valence-corrected chi connectivity index (χ0v) is 14.6. The van der Waals surface area contributed by atoms with Gasteiger partial charge in [-0.05, 0) is 34.1 Å². The highest BCUT2D eigenvalue weighted by Gasteiger charge is 2.23. The van der Waals surface area contributed by atoms with Crippen LogP contribution in [-0.2, 0) is 23.9 Å². The van der Waals surface area contributed by atoms with Crippen LogP contribution in [0.5, 0.6) is 0 Å². The molecule has 132 valence electrons. The van der Waals surface area contributed by atoms with Crippen molar-refractivity contribution >= 4 is 23.6 Å². The molecule has 1 atom stereocenters. The minimum Gasteiger partial charge on any atom is -0.457 e. The first-order chi connectivity index (χ1) is 10.5. The minimum absolute atomic E-state index is 0.00907. The van der Waals surface area contributed by atoms with Crippen LogP contribution in [0.2, 0.25) is 0 Å². The predicted molar refractivity (Wildman–Crippen MR) is 83.9 cm³/mol. The number of hydrogen-bond donors (Lipinski definition) is 1. The van der Waals surface area contributed by atoms with E-state index in [1.807, 2.05) is 0 Å². The second-order valence-electron chi connectivity index (χ2n) is 6.32. The number of ether oxygens (including phenoxy) is 2. The Bertz CT molecular complexity index is 438. The van der Waals surface area contributed by atoms with Gasteiger partial charge in [0.15, 0.2) is 5.78 Å². The van der Waals surface area contributed by atoms with Gasteiger partial charge >= 0.3 is 12.1 Å². The number of carbonyl (C=O) groups is 4. The molecule has 0 aliphatic rings. The van der Waals surface area contributed by atoms with Gasteiger partial charge in [0, 0.05) is 19.4 Å². The fraction of sp³-hybridized carbons (Fsp3) is 0.750. The molecule has 0 aromatic carbocycles. The molecule has 0 aliphatic carbocycles. The molecule has 7 nitrogen and oxygen atoms in total. The number of ketones is 2. The Labute approximate surface area is 137 Å². The number of esters is 1. The third kappa shape index (κ3) is 11.3. The molecule has 0 saturated heterocycles. The Hall–Kier alpha value is -1.92. The summed E-state index contributed by atoms with van der Waals surface area (Å²) in [6.45, 7) is 8.16. The summed E-state index contributed by atoms with van der Waals surface area (Å²) in [6, 6.07) is 0. The highest BCUT2D eigenvalue weighted by molar-refractivity contribution is 5.85. The van der Waals surface area contributed by atoms with Crippen molar-refractivity contribution in [2.75, 3.05) is 13.2 Å². The molecular weight excluding hydrogens is 302 g/mol. The molecule has 0 aliphatic heterocycles. The molecule has 1 N–H and O–H groups in total. The van der Waals surface area contributed by atoms with E-state index in [1.165, 1.54) is 6.92 Å². The molecular formula is C16H27NO6. The Kier molecular flexibility index (Phi) is 9.14. The summed E-state index contributed by atoms with van der Waals surface area (Å²) in [7, 11) is 0. The summed E-state index contributed by atoms with van der Waals surface area (Å²) >= 11 is 0. The van der Waals surface area contributed by atoms with Crippen LogP contribution in [0.1, 0.15) is 53.9 Å². The average Bonchev–Trinajstić information content (AvgIpc) is 2.40. The van der Waals surface area contributed by atoms with Gasteiger partial charge in [-0.15, -0.1) is 0 Å². The van der Waals surface area contributed by atoms with Crippen LogP contribution in [0.25, 0.3) is 0 Å². The van der Waals surface area contributed by atoms with Gasteiger partial charge in [0.2, 0.25) is 0 Å². The molecule has 1 unspecified atom stereocenters. The first kappa shape index (κ1) is 21.1. The lowest BCUT2D eigenvalue weighted by molar-refractivity contribution is -0.153. The van der Waals surface area contributed by atoms with Crippen molar-refractivity contribution < 1.29 is 28.7 Å². The smallest absolute Gasteiger partial charge is 0.407 e. The number of amides is 1. The highest BCUT2D eigenvalue weighted by atomic mass is 16.6. The summed E-state index contributed by atoms with van der Waals surface area (Å²) in [5.74, 6) is -1.64. The van der Waals surface area contributed by atoms with Gasteiger partial charge in [0.1, 0.15) is 18.0 Å². The second-order valence-corrected chi connectivity index (χ2v) is 6.32. The van der Waals surface area contributed by atoms with Crippen LogP contribution in [0.3, 0.4) is 0 Å². The van der Waals surface area contributed by atoms with Crippen molar-refractivity contribution in [3.05, 3.63) is 0 Å². The number of rotatable bonds is 9. The monoisotopic (exact) mass is 329 g/mol. The summed E-state index contributed by atoms with van der Waals surface area (Å²) < 4.78 is 9.99. The Morgan fingerprint density at radius 2 is 1.74 bits per heavy atom. The van der Waals surface area contributed by atoms with Crippen molar-refractivity contribution in [2.24, 2.45) is 5.92 Å². The van der Waals surface area contributed by atoms with E-state index in [4.69, 9.17) is 9.47 Å². The molecule has 0 spiro atoms. The van der Waals surface area contributed by atoms with E-state index in [0.717, 1.165) is 0 Å². The van der Waals surface area contributed by atoms with Gasteiger partial charge < -0.3 is 19.6 Å². The molecule has 23 heavy (non-hydrogen) atoms. The molecule has 0 aromatic rings. The van der Waals surface area contributed by atoms with E-state index in [2.05, 4.69) is 5.32 Å². The lowest BCUT2D eigenvalue weighted by Gasteiger charge is -2.20. The second kappa shape index (κ2) is 9.97. The quantitative estimate of drug-likeness (QED) is 0.650. The van der Waals surface area contributed by atoms with Crippen LogP contribution >= 0.6 is 0 Å². The standard InChI is InChI=1S/C16H27NO6/c1-6-13(19)10-22-14(20)12(9-11(2)18)7-8-17-15(21)23-16(3,4)5/h12H,6-10H2,1-5H3,(H,17,21). The molecule has 0 bridgehead atoms. The van der Waals surface area contributed by atoms with Crippen LogP contribution in [0, 0.1) is 5.92 Å². The van der Waals surface area contributed by atoms with Gasteiger partial charge in [-0.2, -0.15) is 0 Å². The van der Waals surface area contributed by atoms with E-state index in [-0.39, 0.29) is 44.0 Å². The SMILES string of the molecule is CCC(=O)COC(=O)C(CCNC(=O)OC(C)(C)C)CC(C)=O. The average molecular weight is 329 g/mol. The Balaban J connectivity index is 4.39. The lowest BCUT2D eigenvalue weighted by Crippen LogP contribution is -2.34. The summed E-state index contributed by atoms with van der Waals surface area (Å²) in [5.41, 5.74) is -0.609. The third-order valence-corrected chi connectivity index (χ3v) is 2.80. The van der Waals surface area contributed by atoms with Crippen LogP contribution in [-0.4, -0.2) is 42.4 Å². The Morgan fingerprint density at radius 3 is 2.22 bits per heavy atom. The van der Waals surface area contributed by atoms with Gasteiger partial charge in [0.25, 0.3) is 0 Å². The van der Waals surface area contributed by atoms with E-state index in [1.54, 1.807) is 27.7 Å². The van der Waals surface area contributed by atoms with Crippen LogP contribution in [0.4, 0.5) is 4.79 Å². The highest BCUT2D eigenvalue weighted by Crippen LogP contribution is 2.12. The van der Waals surface area contributed by atoms with Gasteiger partial charge in [-0.25, -0.2) is 4.79 Å². The van der Waals surface area contributed by atoms with Crippen molar-refractivity contribution in [1.82, 2.24) is 5.32 Å². The van der Waals surface area contributed by atoms with Crippen molar-refractivity contribution in [1.29, 1.82) is 0 Å². The number of alkyl carbamates (subject to hydrolysis) is 1. The van der Waals surface area contributed by atoms with Crippen LogP contribution < -0.4 is 5.32 Å². The molecule has 0 fully saturated rings. The largest absolute Gasteiger partial charge is 0.457 e. The minimum atomic E-state index is -0.688. The molecule has 0 radical (unpaired) electrons. The third-order valence-electron chi connectivity index (χ3n) is 2.80. The first-order valence-corrected chi connectivity index (χ1v) is 7.69. The van der Waals surface area contributed by atoms with E-state index in [9.17, 15) is 19.2 Å². The summed E-state index contributed by atoms with van der Waals surface area (Å²) in [5, 5.41) is 2.53. The fourth-order valence-corrected chi connectivity index (χ4v) is 1.68. The maximum atomic E-state index is 11.9. The predicted octanol–water partition coefficient (Wildman–Crippen LogP) is 2.02. The number of hydrogen-bond acceptors (Lipinski definition) is 6. The topological polar surface area (TPSA) is 98.8 Å². The van der Waals surface area contributed by atoms with Gasteiger partial charge in [0.05, 0.1) is 5.92 Å². The zero-order chi connectivity index (χ0) is 18.0. The van der Waals surface area contributed by atoms with Crippen molar-refractivity contribution in [3.8, 4) is 0 Å². The lowest BCUT2D eigenvalue weighted by atomic mass is 9.99. The van der Waals surface area contributed by atoms with E-state index >= 15 is 0 Å². The molecule has 0 rings (SSSR count). The fourth-order valence-electron chi connectivity index (χ4n) is 1.68. The number of nitrogens with one attached hydrogen (secondary N) is 1. The van der Waals surface area contributed by atoms with Gasteiger partial charge in [-0.3, -0.25) is 9.59 Å². The zero-order valence-electron chi connectivity index (χ0n) is 14.6. The maximum absolute atomic E-state index is 11.9. The van der Waals surface area contributed by atoms with Crippen molar-refractivity contribution in [3.63, 3.8) is 0 Å². The van der Waals surface area contributed by atoms with Crippen LogP contribution in [0.15, 0.2) is 0 Å². The molecule has 0 heterocycles. The summed E-state index contributed by atoms with van der Waals surface area (Å²) in [6.07, 6.45) is -0.0635. The molecule has 0 saturated carbocycles. The molecule has 7 heteroatoms. The first-order valence-electron chi connectivity index (χ1n) is 7.69. The van der Waals surface area contributed by atoms with Crippen molar-refractivity contribution in [2.45, 2.75) is 59.5 Å². The van der Waals surface area contributed by atoms with Gasteiger partial charge in [-0.1, -0.05) is 6.92 Å². The van der Waals surface area contributed by atoms with E-state index < -0.39 is 23.6 Å². The molecule has 1 amide bonds. The molecule has 0 aromatic heterocycles. The van der Waals surface area contributed by atoms with E-state index in [0.29, 0.717) is 0 Å².